The minimum Gasteiger partial charge on any atom is -0.368 e. The van der Waals surface area contributed by atoms with Gasteiger partial charge in [-0.1, -0.05) is 11.6 Å². The fourth-order valence-corrected chi connectivity index (χ4v) is 3.36. The molecule has 1 aromatic rings. The minimum absolute atomic E-state index is 0.0507. The van der Waals surface area contributed by atoms with Crippen molar-refractivity contribution < 1.29 is 13.9 Å². The maximum absolute atomic E-state index is 13.2. The Kier molecular flexibility index (Phi) is 5.53. The molecule has 0 unspecified atom stereocenters. The summed E-state index contributed by atoms with van der Waals surface area (Å²) < 4.78 is 18.6. The average molecular weight is 372 g/mol. The van der Waals surface area contributed by atoms with Gasteiger partial charge in [0.2, 0.25) is 0 Å². The van der Waals surface area contributed by atoms with Gasteiger partial charge in [0.25, 0.3) is 5.91 Å². The number of hydrogen-bond acceptors (Lipinski definition) is 3. The van der Waals surface area contributed by atoms with E-state index < -0.39 is 5.82 Å². The molecule has 1 atom stereocenters. The second-order valence-electron chi connectivity index (χ2n) is 5.87. The van der Waals surface area contributed by atoms with Crippen molar-refractivity contribution in [2.75, 3.05) is 38.1 Å². The quantitative estimate of drug-likeness (QED) is 0.809. The number of anilines is 1. The Balaban J connectivity index is 1.51. The van der Waals surface area contributed by atoms with Gasteiger partial charge in [-0.3, -0.25) is 4.79 Å². The second kappa shape index (κ2) is 7.63. The van der Waals surface area contributed by atoms with Crippen LogP contribution in [-0.2, 0) is 9.53 Å². The molecule has 24 heavy (non-hydrogen) atoms. The van der Waals surface area contributed by atoms with E-state index in [2.05, 4.69) is 5.32 Å². The molecular formula is C16H19ClFN3O2S. The first-order valence-electron chi connectivity index (χ1n) is 7.96. The molecule has 2 aliphatic rings. The Bertz CT molecular complexity index is 632. The van der Waals surface area contributed by atoms with Crippen LogP contribution in [0.3, 0.4) is 0 Å². The van der Waals surface area contributed by atoms with Crippen LogP contribution < -0.4 is 5.32 Å². The van der Waals surface area contributed by atoms with Crippen molar-refractivity contribution in [1.29, 1.82) is 0 Å². The van der Waals surface area contributed by atoms with Gasteiger partial charge in [0.05, 0.1) is 5.02 Å². The molecule has 1 N–H and O–H groups in total. The van der Waals surface area contributed by atoms with Crippen molar-refractivity contribution >= 4 is 40.5 Å². The zero-order valence-corrected chi connectivity index (χ0v) is 14.7. The van der Waals surface area contributed by atoms with E-state index in [1.165, 1.54) is 12.1 Å². The normalized spacial score (nSPS) is 21.0. The number of nitrogens with one attached hydrogen (secondary N) is 1. The van der Waals surface area contributed by atoms with Gasteiger partial charge in [0, 0.05) is 38.5 Å². The molecule has 0 spiro atoms. The molecule has 3 rings (SSSR count). The predicted molar refractivity (Wildman–Crippen MR) is 94.8 cm³/mol. The Labute approximate surface area is 150 Å². The lowest BCUT2D eigenvalue weighted by molar-refractivity contribution is -0.142. The number of nitrogens with zero attached hydrogens (tertiary/aromatic N) is 2. The molecule has 1 aromatic carbocycles. The maximum Gasteiger partial charge on any atom is 0.251 e. The summed E-state index contributed by atoms with van der Waals surface area (Å²) in [7, 11) is 0. The molecule has 2 aliphatic heterocycles. The summed E-state index contributed by atoms with van der Waals surface area (Å²) >= 11 is 11.2. The highest BCUT2D eigenvalue weighted by molar-refractivity contribution is 7.80. The lowest BCUT2D eigenvalue weighted by Gasteiger charge is -2.37. The van der Waals surface area contributed by atoms with Crippen LogP contribution in [0.1, 0.15) is 12.8 Å². The molecule has 0 aliphatic carbocycles. The van der Waals surface area contributed by atoms with Gasteiger partial charge < -0.3 is 19.9 Å². The Morgan fingerprint density at radius 3 is 2.62 bits per heavy atom. The van der Waals surface area contributed by atoms with E-state index in [0.717, 1.165) is 12.8 Å². The standard InChI is InChI=1S/C16H19ClFN3O2S/c17-12-10-11(3-4-13(12)18)19-16(24)21-7-5-20(6-8-21)15(22)14-2-1-9-23-14/h3-4,10,14H,1-2,5-9H2,(H,19,24)/t14-/m1/s1. The first kappa shape index (κ1) is 17.4. The highest BCUT2D eigenvalue weighted by Crippen LogP contribution is 2.20. The lowest BCUT2D eigenvalue weighted by Crippen LogP contribution is -2.53. The first-order valence-corrected chi connectivity index (χ1v) is 8.74. The number of carbonyl (C=O) groups excluding carboxylic acids is 1. The lowest BCUT2D eigenvalue weighted by atomic mass is 10.2. The smallest absolute Gasteiger partial charge is 0.251 e. The number of carbonyl (C=O) groups is 1. The van der Waals surface area contributed by atoms with Crippen LogP contribution in [0.5, 0.6) is 0 Å². The van der Waals surface area contributed by atoms with E-state index in [9.17, 15) is 9.18 Å². The van der Waals surface area contributed by atoms with Crippen LogP contribution in [0.15, 0.2) is 18.2 Å². The number of halogens is 2. The monoisotopic (exact) mass is 371 g/mol. The van der Waals surface area contributed by atoms with E-state index >= 15 is 0 Å². The van der Waals surface area contributed by atoms with Crippen molar-refractivity contribution in [3.05, 3.63) is 29.0 Å². The maximum atomic E-state index is 13.2. The van der Waals surface area contributed by atoms with Gasteiger partial charge in [0.15, 0.2) is 5.11 Å². The van der Waals surface area contributed by atoms with Gasteiger partial charge in [-0.05, 0) is 43.3 Å². The van der Waals surface area contributed by atoms with Gasteiger partial charge in [0.1, 0.15) is 11.9 Å². The third kappa shape index (κ3) is 3.96. The molecule has 0 aromatic heterocycles. The van der Waals surface area contributed by atoms with E-state index in [0.29, 0.717) is 43.6 Å². The fraction of sp³-hybridized carbons (Fsp3) is 0.500. The summed E-state index contributed by atoms with van der Waals surface area (Å²) in [5.41, 5.74) is 0.643. The predicted octanol–water partition coefficient (Wildman–Crippen LogP) is 2.50. The van der Waals surface area contributed by atoms with Gasteiger partial charge in [-0.15, -0.1) is 0 Å². The summed E-state index contributed by atoms with van der Waals surface area (Å²) in [6, 6.07) is 4.39. The first-order chi connectivity index (χ1) is 11.5. The van der Waals surface area contributed by atoms with Crippen LogP contribution in [0.2, 0.25) is 5.02 Å². The van der Waals surface area contributed by atoms with Crippen molar-refractivity contribution in [3.63, 3.8) is 0 Å². The van der Waals surface area contributed by atoms with Gasteiger partial charge in [-0.2, -0.15) is 0 Å². The van der Waals surface area contributed by atoms with E-state index in [-0.39, 0.29) is 17.0 Å². The molecule has 2 heterocycles. The molecular weight excluding hydrogens is 353 g/mol. The Morgan fingerprint density at radius 2 is 2.00 bits per heavy atom. The third-order valence-electron chi connectivity index (χ3n) is 4.25. The van der Waals surface area contributed by atoms with E-state index in [1.807, 2.05) is 9.80 Å². The molecule has 8 heteroatoms. The Morgan fingerprint density at radius 1 is 1.29 bits per heavy atom. The van der Waals surface area contributed by atoms with Crippen LogP contribution in [-0.4, -0.2) is 59.7 Å². The number of benzene rings is 1. The summed E-state index contributed by atoms with van der Waals surface area (Å²) in [5, 5.41) is 3.65. The van der Waals surface area contributed by atoms with Crippen LogP contribution in [0, 0.1) is 5.82 Å². The molecule has 2 saturated heterocycles. The van der Waals surface area contributed by atoms with Crippen molar-refractivity contribution in [3.8, 4) is 0 Å². The summed E-state index contributed by atoms with van der Waals surface area (Å²) in [6.45, 7) is 3.21. The Hall–Kier alpha value is -1.44. The van der Waals surface area contributed by atoms with Crippen LogP contribution >= 0.6 is 23.8 Å². The number of thiocarbonyl (C=S) groups is 1. The molecule has 2 fully saturated rings. The summed E-state index contributed by atoms with van der Waals surface area (Å²) in [4.78, 5) is 16.2. The highest BCUT2D eigenvalue weighted by atomic mass is 35.5. The SMILES string of the molecule is O=C([C@H]1CCCO1)N1CCN(C(=S)Nc2ccc(F)c(Cl)c2)CC1. The van der Waals surface area contributed by atoms with E-state index in [4.69, 9.17) is 28.6 Å². The van der Waals surface area contributed by atoms with Crippen LogP contribution in [0.4, 0.5) is 10.1 Å². The molecule has 130 valence electrons. The van der Waals surface area contributed by atoms with Crippen molar-refractivity contribution in [1.82, 2.24) is 9.80 Å². The zero-order valence-electron chi connectivity index (χ0n) is 13.1. The number of hydrogen-bond donors (Lipinski definition) is 1. The zero-order chi connectivity index (χ0) is 17.1. The van der Waals surface area contributed by atoms with Gasteiger partial charge in [-0.25, -0.2) is 4.39 Å². The largest absolute Gasteiger partial charge is 0.368 e. The van der Waals surface area contributed by atoms with Gasteiger partial charge >= 0.3 is 0 Å². The molecule has 0 saturated carbocycles. The molecule has 5 nitrogen and oxygen atoms in total. The average Bonchev–Trinajstić information content (AvgIpc) is 3.12. The minimum atomic E-state index is -0.464. The van der Waals surface area contributed by atoms with Crippen LogP contribution in [0.25, 0.3) is 0 Å². The molecule has 1 amide bonds. The summed E-state index contributed by atoms with van der Waals surface area (Å²) in [6.07, 6.45) is 1.48. The fourth-order valence-electron chi connectivity index (χ4n) is 2.88. The van der Waals surface area contributed by atoms with Crippen molar-refractivity contribution in [2.24, 2.45) is 0 Å². The second-order valence-corrected chi connectivity index (χ2v) is 6.67. The molecule has 0 bridgehead atoms. The number of rotatable bonds is 2. The molecule has 0 radical (unpaired) electrons. The summed E-state index contributed by atoms with van der Waals surface area (Å²) in [5.74, 6) is -0.384. The van der Waals surface area contributed by atoms with Crippen molar-refractivity contribution in [2.45, 2.75) is 18.9 Å². The number of amides is 1. The third-order valence-corrected chi connectivity index (χ3v) is 4.90. The number of piperazine rings is 1. The van der Waals surface area contributed by atoms with E-state index in [1.54, 1.807) is 6.07 Å². The topological polar surface area (TPSA) is 44.8 Å². The highest BCUT2D eigenvalue weighted by Gasteiger charge is 2.30. The number of ether oxygens (including phenoxy) is 1.